The number of hydrogen-bond donors (Lipinski definition) is 0. The fourth-order valence-electron chi connectivity index (χ4n) is 4.25. The van der Waals surface area contributed by atoms with Gasteiger partial charge >= 0.3 is 0 Å². The van der Waals surface area contributed by atoms with Gasteiger partial charge in [-0.1, -0.05) is 26.0 Å². The van der Waals surface area contributed by atoms with Crippen LogP contribution in [0.15, 0.2) is 12.2 Å². The standard InChI is InChI=1S/C13H20/c1-3-13(6-4-5-7-13)12-10-8-9(2)11(10)12/h4-5,9-12H,3,6-8H2,1-2H3. The molecule has 0 saturated heterocycles. The lowest BCUT2D eigenvalue weighted by Gasteiger charge is -2.28. The first-order valence-electron chi connectivity index (χ1n) is 5.93. The summed E-state index contributed by atoms with van der Waals surface area (Å²) in [6.07, 6.45) is 10.6. The maximum Gasteiger partial charge on any atom is -0.0197 e. The van der Waals surface area contributed by atoms with Crippen LogP contribution >= 0.6 is 0 Å². The smallest absolute Gasteiger partial charge is 0.0197 e. The molecule has 3 rings (SSSR count). The molecule has 2 fully saturated rings. The molecule has 0 heterocycles. The number of hydrogen-bond acceptors (Lipinski definition) is 0. The van der Waals surface area contributed by atoms with E-state index in [0.29, 0.717) is 0 Å². The minimum absolute atomic E-state index is 0.722. The van der Waals surface area contributed by atoms with E-state index in [-0.39, 0.29) is 0 Å². The third-order valence-electron chi connectivity index (χ3n) is 5.16. The van der Waals surface area contributed by atoms with Gasteiger partial charge in [0.2, 0.25) is 0 Å². The van der Waals surface area contributed by atoms with Crippen LogP contribution in [0.25, 0.3) is 0 Å². The first kappa shape index (κ1) is 8.08. The van der Waals surface area contributed by atoms with Crippen LogP contribution in [-0.4, -0.2) is 0 Å². The average Bonchev–Trinajstić information content (AvgIpc) is 2.58. The zero-order valence-electron chi connectivity index (χ0n) is 8.79. The van der Waals surface area contributed by atoms with Crippen molar-refractivity contribution in [1.82, 2.24) is 0 Å². The fraction of sp³-hybridized carbons (Fsp3) is 0.846. The lowest BCUT2D eigenvalue weighted by atomic mass is 9.77. The lowest BCUT2D eigenvalue weighted by molar-refractivity contribution is 0.231. The maximum atomic E-state index is 2.45. The Labute approximate surface area is 81.4 Å². The zero-order valence-corrected chi connectivity index (χ0v) is 8.79. The average molecular weight is 176 g/mol. The van der Waals surface area contributed by atoms with Crippen molar-refractivity contribution >= 4 is 0 Å². The first-order valence-corrected chi connectivity index (χ1v) is 5.93. The van der Waals surface area contributed by atoms with Crippen molar-refractivity contribution < 1.29 is 0 Å². The summed E-state index contributed by atoms with van der Waals surface area (Å²) in [5.74, 6) is 4.45. The molecule has 0 aliphatic heterocycles. The molecule has 0 radical (unpaired) electrons. The topological polar surface area (TPSA) is 0 Å². The summed E-state index contributed by atoms with van der Waals surface area (Å²) in [7, 11) is 0. The minimum Gasteiger partial charge on any atom is -0.0879 e. The molecule has 0 aromatic carbocycles. The van der Waals surface area contributed by atoms with Crippen LogP contribution in [-0.2, 0) is 0 Å². The van der Waals surface area contributed by atoms with Crippen molar-refractivity contribution in [2.75, 3.05) is 0 Å². The summed E-state index contributed by atoms with van der Waals surface area (Å²) in [5.41, 5.74) is 0.722. The van der Waals surface area contributed by atoms with Crippen molar-refractivity contribution in [1.29, 1.82) is 0 Å². The second kappa shape index (κ2) is 2.40. The van der Waals surface area contributed by atoms with E-state index in [1.54, 1.807) is 0 Å². The minimum atomic E-state index is 0.722. The van der Waals surface area contributed by atoms with Gasteiger partial charge in [0, 0.05) is 0 Å². The molecule has 4 unspecified atom stereocenters. The van der Waals surface area contributed by atoms with Gasteiger partial charge in [0.15, 0.2) is 0 Å². The molecule has 0 bridgehead atoms. The third-order valence-corrected chi connectivity index (χ3v) is 5.16. The summed E-state index contributed by atoms with van der Waals surface area (Å²) in [4.78, 5) is 0. The van der Waals surface area contributed by atoms with E-state index in [0.717, 1.165) is 29.1 Å². The molecule has 3 aliphatic rings. The quantitative estimate of drug-likeness (QED) is 0.563. The Morgan fingerprint density at radius 1 is 1.31 bits per heavy atom. The van der Waals surface area contributed by atoms with Crippen LogP contribution in [0.3, 0.4) is 0 Å². The largest absolute Gasteiger partial charge is 0.0879 e. The Hall–Kier alpha value is -0.260. The van der Waals surface area contributed by atoms with Crippen LogP contribution in [0.4, 0.5) is 0 Å². The summed E-state index contributed by atoms with van der Waals surface area (Å²) < 4.78 is 0. The summed E-state index contributed by atoms with van der Waals surface area (Å²) in [5, 5.41) is 0. The van der Waals surface area contributed by atoms with E-state index in [4.69, 9.17) is 0 Å². The monoisotopic (exact) mass is 176 g/mol. The SMILES string of the molecule is CCC1(C2C3CC(C)C32)CC=CC1. The highest BCUT2D eigenvalue weighted by Gasteiger charge is 2.67. The number of rotatable bonds is 2. The predicted molar refractivity (Wildman–Crippen MR) is 55.3 cm³/mol. The van der Waals surface area contributed by atoms with E-state index >= 15 is 0 Å². The van der Waals surface area contributed by atoms with Crippen molar-refractivity contribution in [3.8, 4) is 0 Å². The number of fused-ring (bicyclic) bond motifs is 1. The Morgan fingerprint density at radius 3 is 2.38 bits per heavy atom. The highest BCUT2D eigenvalue weighted by atomic mass is 14.7. The highest BCUT2D eigenvalue weighted by Crippen LogP contribution is 2.73. The zero-order chi connectivity index (χ0) is 9.05. The molecule has 0 N–H and O–H groups in total. The molecule has 13 heavy (non-hydrogen) atoms. The third kappa shape index (κ3) is 0.872. The van der Waals surface area contributed by atoms with Crippen molar-refractivity contribution in [2.45, 2.75) is 39.5 Å². The van der Waals surface area contributed by atoms with Gasteiger partial charge in [-0.15, -0.1) is 0 Å². The van der Waals surface area contributed by atoms with E-state index < -0.39 is 0 Å². The Morgan fingerprint density at radius 2 is 2.00 bits per heavy atom. The van der Waals surface area contributed by atoms with Crippen molar-refractivity contribution in [3.63, 3.8) is 0 Å². The summed E-state index contributed by atoms with van der Waals surface area (Å²) in [6, 6.07) is 0. The molecule has 0 spiro atoms. The normalized spacial score (nSPS) is 50.0. The molecule has 72 valence electrons. The van der Waals surface area contributed by atoms with Gasteiger partial charge in [-0.2, -0.15) is 0 Å². The molecule has 3 aliphatic carbocycles. The number of allylic oxidation sites excluding steroid dienone is 2. The van der Waals surface area contributed by atoms with E-state index in [1.165, 1.54) is 25.7 Å². The molecule has 4 atom stereocenters. The van der Waals surface area contributed by atoms with Crippen LogP contribution in [0.1, 0.15) is 39.5 Å². The molecule has 0 aromatic heterocycles. The fourth-order valence-corrected chi connectivity index (χ4v) is 4.25. The molecule has 0 nitrogen and oxygen atoms in total. The molecule has 0 amide bonds. The van der Waals surface area contributed by atoms with Crippen molar-refractivity contribution in [3.05, 3.63) is 12.2 Å². The van der Waals surface area contributed by atoms with Gasteiger partial charge < -0.3 is 0 Å². The highest BCUT2D eigenvalue weighted by molar-refractivity contribution is 5.19. The van der Waals surface area contributed by atoms with Crippen LogP contribution in [0.5, 0.6) is 0 Å². The van der Waals surface area contributed by atoms with Gasteiger partial charge in [0.25, 0.3) is 0 Å². The molecule has 2 saturated carbocycles. The van der Waals surface area contributed by atoms with Crippen LogP contribution < -0.4 is 0 Å². The Bertz CT molecular complexity index is 243. The molecular formula is C13H20. The molecular weight excluding hydrogens is 156 g/mol. The van der Waals surface area contributed by atoms with Crippen LogP contribution in [0.2, 0.25) is 0 Å². The second-order valence-electron chi connectivity index (χ2n) is 5.58. The van der Waals surface area contributed by atoms with E-state index in [2.05, 4.69) is 26.0 Å². The molecule has 0 heteroatoms. The van der Waals surface area contributed by atoms with Gasteiger partial charge in [-0.25, -0.2) is 0 Å². The Kier molecular flexibility index (Phi) is 1.49. The first-order chi connectivity index (χ1) is 6.28. The van der Waals surface area contributed by atoms with E-state index in [1.807, 2.05) is 0 Å². The second-order valence-corrected chi connectivity index (χ2v) is 5.58. The maximum absolute atomic E-state index is 2.45. The molecule has 0 aromatic rings. The van der Waals surface area contributed by atoms with Gasteiger partial charge in [0.1, 0.15) is 0 Å². The van der Waals surface area contributed by atoms with Crippen molar-refractivity contribution in [2.24, 2.45) is 29.1 Å². The summed E-state index contributed by atoms with van der Waals surface area (Å²) >= 11 is 0. The van der Waals surface area contributed by atoms with E-state index in [9.17, 15) is 0 Å². The van der Waals surface area contributed by atoms with Gasteiger partial charge in [0.05, 0.1) is 0 Å². The van der Waals surface area contributed by atoms with Gasteiger partial charge in [-0.05, 0) is 54.8 Å². The predicted octanol–water partition coefficient (Wildman–Crippen LogP) is 3.63. The summed E-state index contributed by atoms with van der Waals surface area (Å²) in [6.45, 7) is 4.85. The lowest BCUT2D eigenvalue weighted by Crippen LogP contribution is -2.19. The Balaban J connectivity index is 1.77. The van der Waals surface area contributed by atoms with Crippen LogP contribution in [0, 0.1) is 29.1 Å². The van der Waals surface area contributed by atoms with Gasteiger partial charge in [-0.3, -0.25) is 0 Å².